The lowest BCUT2D eigenvalue weighted by Gasteiger charge is -2.08. The van der Waals surface area contributed by atoms with Crippen LogP contribution in [0.25, 0.3) is 10.9 Å². The van der Waals surface area contributed by atoms with E-state index in [1.54, 1.807) is 29.1 Å². The molecule has 0 fully saturated rings. The van der Waals surface area contributed by atoms with Gasteiger partial charge in [-0.1, -0.05) is 29.8 Å². The molecular formula is C17H15ClN2O2. The number of ether oxygens (including phenoxy) is 1. The van der Waals surface area contributed by atoms with Crippen molar-refractivity contribution in [1.82, 2.24) is 9.55 Å². The Labute approximate surface area is 132 Å². The summed E-state index contributed by atoms with van der Waals surface area (Å²) in [6.45, 7) is 1.10. The van der Waals surface area contributed by atoms with Crippen LogP contribution in [0.5, 0.6) is 5.75 Å². The minimum absolute atomic E-state index is 0.0767. The molecule has 0 aliphatic rings. The molecule has 0 unspecified atom stereocenters. The van der Waals surface area contributed by atoms with Crippen molar-refractivity contribution in [1.29, 1.82) is 0 Å². The largest absolute Gasteiger partial charge is 0.494 e. The van der Waals surface area contributed by atoms with Crippen LogP contribution < -0.4 is 10.3 Å². The number of aryl methyl sites for hydroxylation is 1. The molecule has 0 saturated heterocycles. The van der Waals surface area contributed by atoms with Crippen molar-refractivity contribution in [2.45, 2.75) is 13.0 Å². The second-order valence-corrected chi connectivity index (χ2v) is 5.36. The zero-order valence-electron chi connectivity index (χ0n) is 11.9. The van der Waals surface area contributed by atoms with Crippen molar-refractivity contribution >= 4 is 22.5 Å². The van der Waals surface area contributed by atoms with Crippen LogP contribution in [-0.2, 0) is 6.54 Å². The van der Waals surface area contributed by atoms with E-state index in [4.69, 9.17) is 16.3 Å². The first-order chi connectivity index (χ1) is 10.7. The van der Waals surface area contributed by atoms with Crippen LogP contribution in [0.3, 0.4) is 0 Å². The number of aromatic nitrogens is 2. The van der Waals surface area contributed by atoms with E-state index in [0.29, 0.717) is 29.1 Å². The normalized spacial score (nSPS) is 10.8. The second-order valence-electron chi connectivity index (χ2n) is 4.92. The molecule has 0 bridgehead atoms. The van der Waals surface area contributed by atoms with Gasteiger partial charge in [-0.05, 0) is 36.8 Å². The lowest BCUT2D eigenvalue weighted by molar-refractivity contribution is 0.301. The molecule has 2 aromatic carbocycles. The molecule has 0 amide bonds. The summed E-state index contributed by atoms with van der Waals surface area (Å²) >= 11 is 5.94. The number of halogens is 1. The maximum absolute atomic E-state index is 12.4. The summed E-state index contributed by atoms with van der Waals surface area (Å²) in [5.74, 6) is 0.832. The predicted octanol–water partition coefficient (Wildman–Crippen LogP) is 3.52. The van der Waals surface area contributed by atoms with E-state index < -0.39 is 0 Å². The molecule has 4 nitrogen and oxygen atoms in total. The van der Waals surface area contributed by atoms with E-state index in [0.717, 1.165) is 12.2 Å². The third-order valence-corrected chi connectivity index (χ3v) is 3.58. The Balaban J connectivity index is 1.67. The number of rotatable bonds is 5. The smallest absolute Gasteiger partial charge is 0.261 e. The quantitative estimate of drug-likeness (QED) is 0.677. The summed E-state index contributed by atoms with van der Waals surface area (Å²) in [5.41, 5.74) is 0.582. The van der Waals surface area contributed by atoms with Gasteiger partial charge in [0.1, 0.15) is 5.75 Å². The fourth-order valence-corrected chi connectivity index (χ4v) is 2.40. The first-order valence-corrected chi connectivity index (χ1v) is 7.44. The molecule has 0 radical (unpaired) electrons. The van der Waals surface area contributed by atoms with Gasteiger partial charge >= 0.3 is 0 Å². The summed E-state index contributed by atoms with van der Waals surface area (Å²) in [4.78, 5) is 16.7. The standard InChI is InChI=1S/C17H15ClN2O2/c18-13-7-8-16-15(11-13)17(21)20(12-19-16)9-4-10-22-14-5-2-1-3-6-14/h1-3,5-8,11-12H,4,9-10H2. The van der Waals surface area contributed by atoms with Gasteiger partial charge in [-0.3, -0.25) is 9.36 Å². The molecule has 0 atom stereocenters. The van der Waals surface area contributed by atoms with Gasteiger partial charge in [0.05, 0.1) is 23.8 Å². The van der Waals surface area contributed by atoms with Crippen molar-refractivity contribution in [3.63, 3.8) is 0 Å². The van der Waals surface area contributed by atoms with Crippen LogP contribution in [0.2, 0.25) is 5.02 Å². The van der Waals surface area contributed by atoms with Gasteiger partial charge in [-0.2, -0.15) is 0 Å². The van der Waals surface area contributed by atoms with E-state index in [1.165, 1.54) is 0 Å². The Bertz CT molecular complexity index is 831. The van der Waals surface area contributed by atoms with Crippen LogP contribution in [0.4, 0.5) is 0 Å². The molecule has 0 aliphatic heterocycles. The van der Waals surface area contributed by atoms with Crippen LogP contribution >= 0.6 is 11.6 Å². The zero-order chi connectivity index (χ0) is 15.4. The summed E-state index contributed by atoms with van der Waals surface area (Å²) in [5, 5.41) is 1.08. The van der Waals surface area contributed by atoms with Crippen LogP contribution in [-0.4, -0.2) is 16.2 Å². The van der Waals surface area contributed by atoms with Gasteiger partial charge in [0.25, 0.3) is 5.56 Å². The summed E-state index contributed by atoms with van der Waals surface area (Å²) in [7, 11) is 0. The first-order valence-electron chi connectivity index (χ1n) is 7.06. The highest BCUT2D eigenvalue weighted by Gasteiger charge is 2.04. The predicted molar refractivity (Wildman–Crippen MR) is 87.6 cm³/mol. The molecule has 3 rings (SSSR count). The van der Waals surface area contributed by atoms with Crippen LogP contribution in [0.15, 0.2) is 59.7 Å². The number of nitrogens with zero attached hydrogens (tertiary/aromatic N) is 2. The Morgan fingerprint density at radius 3 is 2.77 bits per heavy atom. The molecule has 0 saturated carbocycles. The summed E-state index contributed by atoms with van der Waals surface area (Å²) in [6.07, 6.45) is 2.30. The molecule has 22 heavy (non-hydrogen) atoms. The number of hydrogen-bond donors (Lipinski definition) is 0. The lowest BCUT2D eigenvalue weighted by atomic mass is 10.2. The van der Waals surface area contributed by atoms with Crippen LogP contribution in [0.1, 0.15) is 6.42 Å². The first kappa shape index (κ1) is 14.6. The second kappa shape index (κ2) is 6.62. The maximum atomic E-state index is 12.4. The van der Waals surface area contributed by atoms with Gasteiger partial charge in [0.2, 0.25) is 0 Å². The molecular weight excluding hydrogens is 300 g/mol. The van der Waals surface area contributed by atoms with E-state index in [2.05, 4.69) is 4.98 Å². The average Bonchev–Trinajstić information content (AvgIpc) is 2.55. The highest BCUT2D eigenvalue weighted by Crippen LogP contribution is 2.14. The highest BCUT2D eigenvalue weighted by atomic mass is 35.5. The Morgan fingerprint density at radius 2 is 1.95 bits per heavy atom. The van der Waals surface area contributed by atoms with Crippen molar-refractivity contribution in [3.8, 4) is 5.75 Å². The average molecular weight is 315 g/mol. The number of hydrogen-bond acceptors (Lipinski definition) is 3. The number of benzene rings is 2. The molecule has 5 heteroatoms. The van der Waals surface area contributed by atoms with Crippen molar-refractivity contribution in [2.75, 3.05) is 6.61 Å². The van der Waals surface area contributed by atoms with Crippen molar-refractivity contribution < 1.29 is 4.74 Å². The van der Waals surface area contributed by atoms with Crippen molar-refractivity contribution in [2.24, 2.45) is 0 Å². The fourth-order valence-electron chi connectivity index (χ4n) is 2.23. The molecule has 1 aromatic heterocycles. The van der Waals surface area contributed by atoms with Gasteiger partial charge in [0.15, 0.2) is 0 Å². The Kier molecular flexibility index (Phi) is 4.39. The molecule has 0 N–H and O–H groups in total. The molecule has 112 valence electrons. The third-order valence-electron chi connectivity index (χ3n) is 3.34. The Morgan fingerprint density at radius 1 is 1.14 bits per heavy atom. The minimum atomic E-state index is -0.0767. The fraction of sp³-hybridized carbons (Fsp3) is 0.176. The highest BCUT2D eigenvalue weighted by molar-refractivity contribution is 6.31. The molecule has 0 aliphatic carbocycles. The monoisotopic (exact) mass is 314 g/mol. The molecule has 0 spiro atoms. The van der Waals surface area contributed by atoms with E-state index in [1.807, 2.05) is 30.3 Å². The van der Waals surface area contributed by atoms with Gasteiger partial charge < -0.3 is 4.74 Å². The van der Waals surface area contributed by atoms with E-state index in [-0.39, 0.29) is 5.56 Å². The van der Waals surface area contributed by atoms with E-state index >= 15 is 0 Å². The van der Waals surface area contributed by atoms with E-state index in [9.17, 15) is 4.79 Å². The summed E-state index contributed by atoms with van der Waals surface area (Å²) < 4.78 is 7.21. The SMILES string of the molecule is O=c1c2cc(Cl)ccc2ncn1CCCOc1ccccc1. The van der Waals surface area contributed by atoms with Gasteiger partial charge in [-0.15, -0.1) is 0 Å². The topological polar surface area (TPSA) is 44.1 Å². The van der Waals surface area contributed by atoms with Gasteiger partial charge in [0, 0.05) is 11.6 Å². The summed E-state index contributed by atoms with van der Waals surface area (Å²) in [6, 6.07) is 14.8. The maximum Gasteiger partial charge on any atom is 0.261 e. The zero-order valence-corrected chi connectivity index (χ0v) is 12.7. The third kappa shape index (κ3) is 3.28. The number of para-hydroxylation sites is 1. The number of fused-ring (bicyclic) bond motifs is 1. The Hall–Kier alpha value is -2.33. The molecule has 1 heterocycles. The van der Waals surface area contributed by atoms with Crippen LogP contribution in [0, 0.1) is 0 Å². The lowest BCUT2D eigenvalue weighted by Crippen LogP contribution is -2.21. The molecule has 3 aromatic rings. The van der Waals surface area contributed by atoms with Crippen molar-refractivity contribution in [3.05, 3.63) is 70.2 Å². The van der Waals surface area contributed by atoms with Gasteiger partial charge in [-0.25, -0.2) is 4.98 Å². The minimum Gasteiger partial charge on any atom is -0.494 e.